The molecule has 100 valence electrons. The predicted molar refractivity (Wildman–Crippen MR) is 62.6 cm³/mol. The van der Waals surface area contributed by atoms with E-state index >= 15 is 0 Å². The van der Waals surface area contributed by atoms with Gasteiger partial charge in [-0.1, -0.05) is 6.92 Å². The van der Waals surface area contributed by atoms with Crippen molar-refractivity contribution in [3.8, 4) is 0 Å². The minimum Gasteiger partial charge on any atom is -0.481 e. The summed E-state index contributed by atoms with van der Waals surface area (Å²) < 4.78 is 0. The fourth-order valence-electron chi connectivity index (χ4n) is 3.16. The largest absolute Gasteiger partial charge is 0.481 e. The first-order chi connectivity index (χ1) is 8.41. The van der Waals surface area contributed by atoms with Gasteiger partial charge in [-0.15, -0.1) is 0 Å². The van der Waals surface area contributed by atoms with Crippen molar-refractivity contribution < 1.29 is 19.5 Å². The van der Waals surface area contributed by atoms with Crippen LogP contribution in [0.4, 0.5) is 0 Å². The highest BCUT2D eigenvalue weighted by molar-refractivity contribution is 5.84. The molecule has 2 amide bonds. The summed E-state index contributed by atoms with van der Waals surface area (Å²) in [5, 5.41) is 11.9. The molecule has 4 atom stereocenters. The summed E-state index contributed by atoms with van der Waals surface area (Å²) >= 11 is 0. The Morgan fingerprint density at radius 3 is 2.50 bits per heavy atom. The molecule has 0 spiro atoms. The maximum Gasteiger partial charge on any atom is 0.308 e. The van der Waals surface area contributed by atoms with Gasteiger partial charge in [-0.2, -0.15) is 0 Å². The third-order valence-electron chi connectivity index (χ3n) is 3.99. The molecule has 2 rings (SSSR count). The summed E-state index contributed by atoms with van der Waals surface area (Å²) in [6.07, 6.45) is 0.517. The van der Waals surface area contributed by atoms with Gasteiger partial charge in [0.15, 0.2) is 0 Å². The molecule has 2 aliphatic heterocycles. The minimum atomic E-state index is -0.871. The molecule has 0 bridgehead atoms. The third-order valence-corrected chi connectivity index (χ3v) is 3.99. The fraction of sp³-hybridized carbons (Fsp3) is 0.750. The number of nitrogens with zero attached hydrogens (tertiary/aromatic N) is 1. The van der Waals surface area contributed by atoms with E-state index in [0.717, 1.165) is 0 Å². The number of hydrogen-bond acceptors (Lipinski definition) is 3. The van der Waals surface area contributed by atoms with E-state index in [1.165, 1.54) is 0 Å². The normalized spacial score (nSPS) is 36.7. The number of carboxylic acid groups (broad SMARTS) is 1. The molecular formula is C12H18N2O4. The molecule has 2 heterocycles. The molecule has 18 heavy (non-hydrogen) atoms. The van der Waals surface area contributed by atoms with Gasteiger partial charge in [0, 0.05) is 25.4 Å². The Bertz CT molecular complexity index is 396. The van der Waals surface area contributed by atoms with Crippen LogP contribution >= 0.6 is 0 Å². The lowest BCUT2D eigenvalue weighted by atomic mass is 9.80. The van der Waals surface area contributed by atoms with Crippen molar-refractivity contribution in [2.45, 2.75) is 38.8 Å². The minimum absolute atomic E-state index is 0.0472. The number of likely N-dealkylation sites (tertiary alicyclic amines) is 1. The zero-order chi connectivity index (χ0) is 13.4. The molecule has 0 saturated carbocycles. The first-order valence-electron chi connectivity index (χ1n) is 6.22. The molecule has 2 saturated heterocycles. The van der Waals surface area contributed by atoms with Crippen molar-refractivity contribution in [3.05, 3.63) is 0 Å². The highest BCUT2D eigenvalue weighted by Crippen LogP contribution is 2.32. The zero-order valence-corrected chi connectivity index (χ0v) is 10.5. The van der Waals surface area contributed by atoms with E-state index < -0.39 is 11.9 Å². The molecule has 0 aromatic heterocycles. The molecule has 2 aliphatic rings. The van der Waals surface area contributed by atoms with Gasteiger partial charge in [0.2, 0.25) is 11.8 Å². The number of carbonyl (C=O) groups is 3. The summed E-state index contributed by atoms with van der Waals surface area (Å²) in [5.74, 6) is -1.71. The number of piperidine rings is 1. The van der Waals surface area contributed by atoms with Gasteiger partial charge >= 0.3 is 5.97 Å². The van der Waals surface area contributed by atoms with Crippen LogP contribution in [0.25, 0.3) is 0 Å². The van der Waals surface area contributed by atoms with E-state index in [1.54, 1.807) is 18.7 Å². The van der Waals surface area contributed by atoms with Gasteiger partial charge in [0.05, 0.1) is 12.0 Å². The summed E-state index contributed by atoms with van der Waals surface area (Å²) in [7, 11) is 0. The second kappa shape index (κ2) is 4.59. The second-order valence-corrected chi connectivity index (χ2v) is 5.25. The Morgan fingerprint density at radius 1 is 1.33 bits per heavy atom. The molecule has 4 unspecified atom stereocenters. The van der Waals surface area contributed by atoms with Gasteiger partial charge < -0.3 is 15.3 Å². The van der Waals surface area contributed by atoms with Crippen LogP contribution in [0.5, 0.6) is 0 Å². The molecule has 6 nitrogen and oxygen atoms in total. The number of amides is 2. The summed E-state index contributed by atoms with van der Waals surface area (Å²) in [4.78, 5) is 36.2. The maximum absolute atomic E-state index is 12.1. The van der Waals surface area contributed by atoms with E-state index in [1.807, 2.05) is 0 Å². The maximum atomic E-state index is 12.1. The monoisotopic (exact) mass is 254 g/mol. The number of rotatable bonds is 2. The lowest BCUT2D eigenvalue weighted by molar-refractivity contribution is -0.156. The van der Waals surface area contributed by atoms with Crippen LogP contribution in [-0.2, 0) is 14.4 Å². The van der Waals surface area contributed by atoms with E-state index in [4.69, 9.17) is 0 Å². The molecule has 0 radical (unpaired) electrons. The van der Waals surface area contributed by atoms with Crippen molar-refractivity contribution in [2.75, 3.05) is 6.54 Å². The number of carboxylic acids is 1. The second-order valence-electron chi connectivity index (χ2n) is 5.25. The Morgan fingerprint density at radius 2 is 2.00 bits per heavy atom. The molecule has 2 fully saturated rings. The lowest BCUT2D eigenvalue weighted by Gasteiger charge is -2.43. The van der Waals surface area contributed by atoms with Crippen LogP contribution in [0.15, 0.2) is 0 Å². The van der Waals surface area contributed by atoms with Crippen LogP contribution in [0.1, 0.15) is 26.7 Å². The van der Waals surface area contributed by atoms with Crippen molar-refractivity contribution in [3.63, 3.8) is 0 Å². The average molecular weight is 254 g/mol. The molecule has 2 N–H and O–H groups in total. The SMILES string of the molecule is CC1CC(=O)N(C2CNC(=O)C2)C(C)C1C(=O)O. The van der Waals surface area contributed by atoms with Crippen molar-refractivity contribution in [2.24, 2.45) is 11.8 Å². The summed E-state index contributed by atoms with van der Waals surface area (Å²) in [6, 6.07) is -0.564. The van der Waals surface area contributed by atoms with E-state index in [0.29, 0.717) is 6.54 Å². The van der Waals surface area contributed by atoms with Gasteiger partial charge in [0.25, 0.3) is 0 Å². The number of aliphatic carboxylic acids is 1. The van der Waals surface area contributed by atoms with Crippen LogP contribution in [0, 0.1) is 11.8 Å². The summed E-state index contributed by atoms with van der Waals surface area (Å²) in [5.41, 5.74) is 0. The quantitative estimate of drug-likeness (QED) is 0.716. The third kappa shape index (κ3) is 2.07. The Labute approximate surface area is 105 Å². The average Bonchev–Trinajstić information content (AvgIpc) is 2.63. The van der Waals surface area contributed by atoms with Gasteiger partial charge in [-0.3, -0.25) is 14.4 Å². The Kier molecular flexibility index (Phi) is 3.28. The van der Waals surface area contributed by atoms with E-state index in [-0.39, 0.29) is 42.7 Å². The standard InChI is InChI=1S/C12H18N2O4/c1-6-3-10(16)14(7(2)11(6)12(17)18)8-4-9(15)13-5-8/h6-8,11H,3-5H2,1-2H3,(H,13,15)(H,17,18). The van der Waals surface area contributed by atoms with E-state index in [9.17, 15) is 19.5 Å². The Hall–Kier alpha value is -1.59. The lowest BCUT2D eigenvalue weighted by Crippen LogP contribution is -2.57. The number of hydrogen-bond donors (Lipinski definition) is 2. The van der Waals surface area contributed by atoms with E-state index in [2.05, 4.69) is 5.32 Å². The zero-order valence-electron chi connectivity index (χ0n) is 10.5. The number of carbonyl (C=O) groups excluding carboxylic acids is 2. The van der Waals surface area contributed by atoms with Gasteiger partial charge in [0.1, 0.15) is 0 Å². The molecular weight excluding hydrogens is 236 g/mol. The van der Waals surface area contributed by atoms with Crippen LogP contribution in [0.2, 0.25) is 0 Å². The summed E-state index contributed by atoms with van der Waals surface area (Å²) in [6.45, 7) is 3.98. The molecule has 0 aromatic carbocycles. The smallest absolute Gasteiger partial charge is 0.308 e. The number of nitrogens with one attached hydrogen (secondary N) is 1. The highest BCUT2D eigenvalue weighted by Gasteiger charge is 2.45. The fourth-order valence-corrected chi connectivity index (χ4v) is 3.16. The van der Waals surface area contributed by atoms with Crippen molar-refractivity contribution in [1.29, 1.82) is 0 Å². The molecule has 6 heteroatoms. The Balaban J connectivity index is 2.20. The van der Waals surface area contributed by atoms with Crippen LogP contribution in [-0.4, -0.2) is 46.4 Å². The van der Waals surface area contributed by atoms with Crippen molar-refractivity contribution in [1.82, 2.24) is 10.2 Å². The first-order valence-corrected chi connectivity index (χ1v) is 6.22. The van der Waals surface area contributed by atoms with Crippen LogP contribution in [0.3, 0.4) is 0 Å². The van der Waals surface area contributed by atoms with Crippen LogP contribution < -0.4 is 5.32 Å². The van der Waals surface area contributed by atoms with Gasteiger partial charge in [-0.05, 0) is 12.8 Å². The predicted octanol–water partition coefficient (Wildman–Crippen LogP) is -0.167. The molecule has 0 aromatic rings. The van der Waals surface area contributed by atoms with Crippen molar-refractivity contribution >= 4 is 17.8 Å². The topological polar surface area (TPSA) is 86.7 Å². The van der Waals surface area contributed by atoms with Gasteiger partial charge in [-0.25, -0.2) is 0 Å². The highest BCUT2D eigenvalue weighted by atomic mass is 16.4. The first kappa shape index (κ1) is 12.9. The molecule has 0 aliphatic carbocycles.